The van der Waals surface area contributed by atoms with Gasteiger partial charge in [0.25, 0.3) is 0 Å². The molecule has 2 aliphatic rings. The number of nitrogens with zero attached hydrogens (tertiary/aromatic N) is 1. The number of ether oxygens (including phenoxy) is 3. The number of halogens is 1. The molecule has 2 saturated heterocycles. The number of hydrogen-bond donors (Lipinski definition) is 3. The van der Waals surface area contributed by atoms with Crippen LogP contribution in [-0.4, -0.2) is 76.2 Å². The van der Waals surface area contributed by atoms with Crippen LogP contribution in [0.3, 0.4) is 0 Å². The predicted molar refractivity (Wildman–Crippen MR) is 129 cm³/mol. The van der Waals surface area contributed by atoms with Crippen LogP contribution < -0.4 is 16.4 Å². The fourth-order valence-electron chi connectivity index (χ4n) is 4.88. The van der Waals surface area contributed by atoms with Gasteiger partial charge in [0.1, 0.15) is 5.82 Å². The van der Waals surface area contributed by atoms with E-state index in [2.05, 4.69) is 15.4 Å². The maximum atomic E-state index is 14.0. The van der Waals surface area contributed by atoms with E-state index < -0.39 is 12.2 Å². The van der Waals surface area contributed by atoms with Crippen molar-refractivity contribution in [3.05, 3.63) is 35.6 Å². The number of nitrogens with one attached hydrogen (secondary N) is 2. The van der Waals surface area contributed by atoms with E-state index in [1.54, 1.807) is 11.0 Å². The SMILES string of the molecule is COC(=O)NCCO[C@@H](c1cccc(F)c1)[C@@H]1CCCN(C(=O)NC[C@@H](N)C[C@H]2CCCOC2)C1. The third-order valence-electron chi connectivity index (χ3n) is 6.61. The van der Waals surface area contributed by atoms with Crippen molar-refractivity contribution in [1.29, 1.82) is 0 Å². The van der Waals surface area contributed by atoms with Crippen LogP contribution in [0.5, 0.6) is 0 Å². The summed E-state index contributed by atoms with van der Waals surface area (Å²) in [5.41, 5.74) is 6.98. The molecule has 0 spiro atoms. The van der Waals surface area contributed by atoms with Crippen molar-refractivity contribution < 1.29 is 28.2 Å². The molecule has 2 heterocycles. The zero-order chi connectivity index (χ0) is 25.0. The number of carbonyl (C=O) groups is 2. The highest BCUT2D eigenvalue weighted by Gasteiger charge is 2.31. The molecule has 0 saturated carbocycles. The molecular weight excluding hydrogens is 455 g/mol. The molecule has 1 aromatic carbocycles. The largest absolute Gasteiger partial charge is 0.453 e. The van der Waals surface area contributed by atoms with Gasteiger partial charge in [0.15, 0.2) is 0 Å². The summed E-state index contributed by atoms with van der Waals surface area (Å²) < 4.78 is 30.2. The van der Waals surface area contributed by atoms with Crippen molar-refractivity contribution >= 4 is 12.1 Å². The lowest BCUT2D eigenvalue weighted by Gasteiger charge is -2.37. The van der Waals surface area contributed by atoms with E-state index in [0.29, 0.717) is 31.1 Å². The first-order valence-electron chi connectivity index (χ1n) is 12.5. The van der Waals surface area contributed by atoms with Gasteiger partial charge in [0.2, 0.25) is 0 Å². The second-order valence-corrected chi connectivity index (χ2v) is 9.38. The molecule has 35 heavy (non-hydrogen) atoms. The van der Waals surface area contributed by atoms with Crippen molar-refractivity contribution in [2.24, 2.45) is 17.6 Å². The van der Waals surface area contributed by atoms with Crippen LogP contribution in [-0.2, 0) is 14.2 Å². The van der Waals surface area contributed by atoms with Gasteiger partial charge < -0.3 is 35.5 Å². The van der Waals surface area contributed by atoms with Crippen LogP contribution in [0, 0.1) is 17.7 Å². The molecular formula is C25H39FN4O5. The van der Waals surface area contributed by atoms with E-state index in [9.17, 15) is 14.0 Å². The Bertz CT molecular complexity index is 808. The third kappa shape index (κ3) is 8.94. The summed E-state index contributed by atoms with van der Waals surface area (Å²) in [5.74, 6) is 0.0990. The molecule has 3 amide bonds. The average Bonchev–Trinajstić information content (AvgIpc) is 2.87. The summed E-state index contributed by atoms with van der Waals surface area (Å²) in [4.78, 5) is 26.0. The smallest absolute Gasteiger partial charge is 0.406 e. The first-order valence-corrected chi connectivity index (χ1v) is 12.5. The lowest BCUT2D eigenvalue weighted by Crippen LogP contribution is -2.49. The Morgan fingerprint density at radius 3 is 2.89 bits per heavy atom. The topological polar surface area (TPSA) is 115 Å². The highest BCUT2D eigenvalue weighted by atomic mass is 19.1. The fraction of sp³-hybridized carbons (Fsp3) is 0.680. The molecule has 4 N–H and O–H groups in total. The standard InChI is InChI=1S/C25H39FN4O5/c1-33-25(32)28-9-12-35-23(19-6-2-8-21(26)14-19)20-7-3-10-30(16-20)24(31)29-15-22(27)13-18-5-4-11-34-17-18/h2,6,8,14,18,20,22-23H,3-5,7,9-13,15-17,27H2,1H3,(H,28,32)(H,29,31)/t18-,20-,22+,23+/m1/s1. The quantitative estimate of drug-likeness (QED) is 0.431. The molecule has 0 aliphatic carbocycles. The molecule has 196 valence electrons. The number of likely N-dealkylation sites (tertiary alicyclic amines) is 1. The number of carbonyl (C=O) groups excluding carboxylic acids is 2. The third-order valence-corrected chi connectivity index (χ3v) is 6.61. The lowest BCUT2D eigenvalue weighted by atomic mass is 9.88. The summed E-state index contributed by atoms with van der Waals surface area (Å²) >= 11 is 0. The maximum Gasteiger partial charge on any atom is 0.406 e. The minimum absolute atomic E-state index is 0.0116. The molecule has 3 rings (SSSR count). The zero-order valence-electron chi connectivity index (χ0n) is 20.5. The molecule has 0 aromatic heterocycles. The number of alkyl carbamates (subject to hydrolysis) is 1. The number of amides is 3. The van der Waals surface area contributed by atoms with Gasteiger partial charge in [0, 0.05) is 51.4 Å². The van der Waals surface area contributed by atoms with Gasteiger partial charge in [-0.2, -0.15) is 0 Å². The Morgan fingerprint density at radius 2 is 2.14 bits per heavy atom. The fourth-order valence-corrected chi connectivity index (χ4v) is 4.88. The van der Waals surface area contributed by atoms with Crippen molar-refractivity contribution in [2.45, 2.75) is 44.2 Å². The van der Waals surface area contributed by atoms with Gasteiger partial charge in [-0.3, -0.25) is 0 Å². The predicted octanol–water partition coefficient (Wildman–Crippen LogP) is 2.81. The molecule has 0 bridgehead atoms. The maximum absolute atomic E-state index is 14.0. The molecule has 2 fully saturated rings. The van der Waals surface area contributed by atoms with E-state index >= 15 is 0 Å². The van der Waals surface area contributed by atoms with E-state index in [0.717, 1.165) is 45.3 Å². The van der Waals surface area contributed by atoms with Crippen molar-refractivity contribution in [1.82, 2.24) is 15.5 Å². The summed E-state index contributed by atoms with van der Waals surface area (Å²) in [5, 5.41) is 5.56. The Labute approximate surface area is 206 Å². The number of urea groups is 1. The number of hydrogen-bond acceptors (Lipinski definition) is 6. The highest BCUT2D eigenvalue weighted by Crippen LogP contribution is 2.33. The molecule has 1 aromatic rings. The van der Waals surface area contributed by atoms with Gasteiger partial charge in [-0.1, -0.05) is 12.1 Å². The molecule has 0 unspecified atom stereocenters. The molecule has 4 atom stereocenters. The van der Waals surface area contributed by atoms with E-state index in [4.69, 9.17) is 15.2 Å². The first-order chi connectivity index (χ1) is 17.0. The van der Waals surface area contributed by atoms with E-state index in [1.165, 1.54) is 19.2 Å². The Hall–Kier alpha value is -2.43. The summed E-state index contributed by atoms with van der Waals surface area (Å²) in [6.07, 6.45) is 3.73. The number of benzene rings is 1. The van der Waals surface area contributed by atoms with Gasteiger partial charge in [-0.05, 0) is 55.7 Å². The Kier molecular flexibility index (Phi) is 11.0. The summed E-state index contributed by atoms with van der Waals surface area (Å²) in [6, 6.07) is 6.08. The van der Waals surface area contributed by atoms with Crippen LogP contribution in [0.25, 0.3) is 0 Å². The molecule has 0 radical (unpaired) electrons. The second kappa shape index (κ2) is 14.2. The summed E-state index contributed by atoms with van der Waals surface area (Å²) in [7, 11) is 1.30. The van der Waals surface area contributed by atoms with E-state index in [-0.39, 0.29) is 37.0 Å². The molecule has 2 aliphatic heterocycles. The highest BCUT2D eigenvalue weighted by molar-refractivity contribution is 5.74. The normalized spacial score (nSPS) is 22.2. The zero-order valence-corrected chi connectivity index (χ0v) is 20.5. The molecule has 9 nitrogen and oxygen atoms in total. The van der Waals surface area contributed by atoms with Gasteiger partial charge >= 0.3 is 12.1 Å². The average molecular weight is 495 g/mol. The number of piperidine rings is 1. The van der Waals surface area contributed by atoms with Crippen LogP contribution in [0.4, 0.5) is 14.0 Å². The number of rotatable bonds is 10. The van der Waals surface area contributed by atoms with Gasteiger partial charge in [-0.15, -0.1) is 0 Å². The van der Waals surface area contributed by atoms with Crippen LogP contribution in [0.15, 0.2) is 24.3 Å². The van der Waals surface area contributed by atoms with Crippen molar-refractivity contribution in [3.8, 4) is 0 Å². The van der Waals surface area contributed by atoms with Gasteiger partial charge in [0.05, 0.1) is 19.8 Å². The minimum Gasteiger partial charge on any atom is -0.453 e. The lowest BCUT2D eigenvalue weighted by molar-refractivity contribution is -0.00865. The van der Waals surface area contributed by atoms with Crippen LogP contribution >= 0.6 is 0 Å². The number of nitrogens with two attached hydrogens (primary N) is 1. The van der Waals surface area contributed by atoms with Crippen LogP contribution in [0.1, 0.15) is 43.8 Å². The van der Waals surface area contributed by atoms with Crippen molar-refractivity contribution in [3.63, 3.8) is 0 Å². The van der Waals surface area contributed by atoms with Gasteiger partial charge in [-0.25, -0.2) is 14.0 Å². The van der Waals surface area contributed by atoms with Crippen LogP contribution in [0.2, 0.25) is 0 Å². The number of methoxy groups -OCH3 is 1. The minimum atomic E-state index is -0.536. The Balaban J connectivity index is 1.54. The Morgan fingerprint density at radius 1 is 1.29 bits per heavy atom. The van der Waals surface area contributed by atoms with E-state index in [1.807, 2.05) is 6.07 Å². The summed E-state index contributed by atoms with van der Waals surface area (Å²) in [6.45, 7) is 3.61. The second-order valence-electron chi connectivity index (χ2n) is 9.38. The van der Waals surface area contributed by atoms with Crippen molar-refractivity contribution in [2.75, 3.05) is 53.1 Å². The molecule has 10 heteroatoms. The first kappa shape index (κ1) is 27.2. The monoisotopic (exact) mass is 494 g/mol.